The molecule has 5 N–H and O–H groups in total. The first-order chi connectivity index (χ1) is 11.0. The number of phosphoric ester groups is 1. The molecule has 1 aromatic heterocycles. The molecule has 0 aliphatic rings. The number of aryl methyl sites for hydroxylation is 1. The van der Waals surface area contributed by atoms with E-state index in [1.54, 1.807) is 0 Å². The molecule has 0 bridgehead atoms. The third-order valence-electron chi connectivity index (χ3n) is 2.78. The van der Waals surface area contributed by atoms with E-state index in [9.17, 15) is 19.3 Å². The highest BCUT2D eigenvalue weighted by Crippen LogP contribution is 2.37. The lowest BCUT2D eigenvalue weighted by atomic mass is 10.1. The molecular formula is C12H15N2O9P. The number of carboxylic acids is 2. The van der Waals surface area contributed by atoms with Crippen LogP contribution in [0.1, 0.15) is 23.2 Å². The normalized spacial score (nSPS) is 13.1. The summed E-state index contributed by atoms with van der Waals surface area (Å²) < 4.78 is 15.1. The van der Waals surface area contributed by atoms with Gasteiger partial charge in [-0.2, -0.15) is 0 Å². The monoisotopic (exact) mass is 362 g/mol. The van der Waals surface area contributed by atoms with Gasteiger partial charge in [-0.1, -0.05) is 0 Å². The molecule has 24 heavy (non-hydrogen) atoms. The number of carboxylic acid groups (broad SMARTS) is 2. The van der Waals surface area contributed by atoms with Crippen molar-refractivity contribution in [1.82, 2.24) is 4.98 Å². The number of rotatable bonds is 8. The van der Waals surface area contributed by atoms with Gasteiger partial charge in [0.15, 0.2) is 6.04 Å². The van der Waals surface area contributed by atoms with E-state index in [4.69, 9.17) is 20.0 Å². The SMILES string of the molecule is Cc1ncc(COP(=O)(O)O)c(C=NC(CC(=O)O)C(=O)O)c1O. The predicted molar refractivity (Wildman–Crippen MR) is 78.7 cm³/mol. The Balaban J connectivity index is 3.17. The van der Waals surface area contributed by atoms with Crippen LogP contribution in [0.15, 0.2) is 11.2 Å². The van der Waals surface area contributed by atoms with Crippen molar-refractivity contribution in [3.05, 3.63) is 23.0 Å². The highest BCUT2D eigenvalue weighted by molar-refractivity contribution is 7.46. The molecule has 0 saturated carbocycles. The minimum Gasteiger partial charge on any atom is -0.505 e. The van der Waals surface area contributed by atoms with Crippen LogP contribution in [0.5, 0.6) is 5.75 Å². The molecule has 0 spiro atoms. The Morgan fingerprint density at radius 2 is 2.04 bits per heavy atom. The summed E-state index contributed by atoms with van der Waals surface area (Å²) in [5.41, 5.74) is 0.110. The average Bonchev–Trinajstić information content (AvgIpc) is 2.44. The first kappa shape index (κ1) is 19.7. The number of carbonyl (C=O) groups is 2. The van der Waals surface area contributed by atoms with Crippen LogP contribution in [-0.4, -0.2) is 54.3 Å². The van der Waals surface area contributed by atoms with Gasteiger partial charge < -0.3 is 25.1 Å². The summed E-state index contributed by atoms with van der Waals surface area (Å²) >= 11 is 0. The number of hydrogen-bond acceptors (Lipinski definition) is 7. The first-order valence-corrected chi connectivity index (χ1v) is 7.89. The van der Waals surface area contributed by atoms with Crippen molar-refractivity contribution in [2.24, 2.45) is 4.99 Å². The topological polar surface area (TPSA) is 187 Å². The molecule has 11 nitrogen and oxygen atoms in total. The van der Waals surface area contributed by atoms with Crippen molar-refractivity contribution in [3.63, 3.8) is 0 Å². The van der Waals surface area contributed by atoms with E-state index in [0.717, 1.165) is 6.21 Å². The fraction of sp³-hybridized carbons (Fsp3) is 0.333. The quantitative estimate of drug-likeness (QED) is 0.312. The third-order valence-corrected chi connectivity index (χ3v) is 3.25. The Morgan fingerprint density at radius 1 is 1.42 bits per heavy atom. The second kappa shape index (κ2) is 7.97. The molecule has 1 atom stereocenters. The summed E-state index contributed by atoms with van der Waals surface area (Å²) in [6.07, 6.45) is 1.30. The maximum Gasteiger partial charge on any atom is 0.469 e. The fourth-order valence-corrected chi connectivity index (χ4v) is 1.91. The number of phosphoric acid groups is 1. The van der Waals surface area contributed by atoms with Gasteiger partial charge in [-0.05, 0) is 6.92 Å². The Kier molecular flexibility index (Phi) is 6.55. The number of aliphatic imine (C=N–C) groups is 1. The zero-order valence-electron chi connectivity index (χ0n) is 12.4. The van der Waals surface area contributed by atoms with Gasteiger partial charge in [-0.3, -0.25) is 19.3 Å². The van der Waals surface area contributed by atoms with Crippen molar-refractivity contribution in [2.45, 2.75) is 26.0 Å². The fourth-order valence-electron chi connectivity index (χ4n) is 1.60. The van der Waals surface area contributed by atoms with E-state index >= 15 is 0 Å². The van der Waals surface area contributed by atoms with Crippen molar-refractivity contribution in [2.75, 3.05) is 0 Å². The van der Waals surface area contributed by atoms with Crippen LogP contribution in [0.25, 0.3) is 0 Å². The van der Waals surface area contributed by atoms with Crippen molar-refractivity contribution >= 4 is 26.0 Å². The van der Waals surface area contributed by atoms with Crippen LogP contribution < -0.4 is 0 Å². The summed E-state index contributed by atoms with van der Waals surface area (Å²) in [7, 11) is -4.78. The molecule has 0 amide bonds. The van der Waals surface area contributed by atoms with Gasteiger partial charge in [0.25, 0.3) is 0 Å². The Morgan fingerprint density at radius 3 is 2.54 bits per heavy atom. The lowest BCUT2D eigenvalue weighted by molar-refractivity contribution is -0.144. The smallest absolute Gasteiger partial charge is 0.469 e. The Bertz CT molecular complexity index is 713. The number of aromatic hydroxyl groups is 1. The lowest BCUT2D eigenvalue weighted by Gasteiger charge is -2.11. The second-order valence-corrected chi connectivity index (χ2v) is 5.86. The highest BCUT2D eigenvalue weighted by atomic mass is 31.2. The van der Waals surface area contributed by atoms with Crippen LogP contribution in [0.3, 0.4) is 0 Å². The number of hydrogen-bond donors (Lipinski definition) is 5. The molecule has 1 aromatic rings. The van der Waals surface area contributed by atoms with Crippen LogP contribution in [0, 0.1) is 6.92 Å². The summed E-state index contributed by atoms with van der Waals surface area (Å²) in [6, 6.07) is -1.59. The molecule has 1 heterocycles. The van der Waals surface area contributed by atoms with E-state index in [0.29, 0.717) is 0 Å². The first-order valence-electron chi connectivity index (χ1n) is 6.36. The van der Waals surface area contributed by atoms with Crippen molar-refractivity contribution in [1.29, 1.82) is 0 Å². The molecule has 0 fully saturated rings. The number of nitrogens with zero attached hydrogens (tertiary/aromatic N) is 2. The summed E-state index contributed by atoms with van der Waals surface area (Å²) in [5.74, 6) is -3.25. The Hall–Kier alpha value is -2.33. The van der Waals surface area contributed by atoms with Gasteiger partial charge in [0.05, 0.1) is 18.7 Å². The highest BCUT2D eigenvalue weighted by Gasteiger charge is 2.21. The van der Waals surface area contributed by atoms with Crippen LogP contribution >= 0.6 is 7.82 Å². The summed E-state index contributed by atoms with van der Waals surface area (Å²) in [6.45, 7) is 0.815. The van der Waals surface area contributed by atoms with Crippen molar-refractivity contribution in [3.8, 4) is 5.75 Å². The van der Waals surface area contributed by atoms with Crippen molar-refractivity contribution < 1.29 is 43.8 Å². The molecular weight excluding hydrogens is 347 g/mol. The Labute approximate surface area is 135 Å². The number of pyridine rings is 1. The zero-order chi connectivity index (χ0) is 18.5. The molecule has 0 saturated heterocycles. The van der Waals surface area contributed by atoms with E-state index in [1.165, 1.54) is 13.1 Å². The minimum atomic E-state index is -4.78. The lowest BCUT2D eigenvalue weighted by Crippen LogP contribution is -2.22. The van der Waals surface area contributed by atoms with Crippen LogP contribution in [-0.2, 0) is 25.3 Å². The molecule has 1 unspecified atom stereocenters. The molecule has 132 valence electrons. The summed E-state index contributed by atoms with van der Waals surface area (Å²) in [4.78, 5) is 46.4. The van der Waals surface area contributed by atoms with Crippen LogP contribution in [0.2, 0.25) is 0 Å². The van der Waals surface area contributed by atoms with E-state index < -0.39 is 44.6 Å². The largest absolute Gasteiger partial charge is 0.505 e. The molecule has 1 rings (SSSR count). The zero-order valence-corrected chi connectivity index (χ0v) is 13.3. The summed E-state index contributed by atoms with van der Waals surface area (Å²) in [5, 5.41) is 27.6. The minimum absolute atomic E-state index is 0.0321. The van der Waals surface area contributed by atoms with E-state index in [1.807, 2.05) is 0 Å². The standard InChI is InChI=1S/C12H15N2O9P/c1-6-11(17)8(4-14-9(12(18)19)2-10(15)16)7(3-13-6)5-23-24(20,21)22/h3-4,9,17H,2,5H2,1H3,(H,15,16)(H,18,19)(H2,20,21,22). The van der Waals surface area contributed by atoms with E-state index in [2.05, 4.69) is 14.5 Å². The predicted octanol–water partition coefficient (Wildman–Crippen LogP) is 0.0517. The molecule has 0 aromatic carbocycles. The molecule has 0 aliphatic heterocycles. The number of aromatic nitrogens is 1. The van der Waals surface area contributed by atoms with Gasteiger partial charge in [-0.15, -0.1) is 0 Å². The second-order valence-electron chi connectivity index (χ2n) is 4.63. The third kappa shape index (κ3) is 6.05. The van der Waals surface area contributed by atoms with Gasteiger partial charge >= 0.3 is 19.8 Å². The maximum absolute atomic E-state index is 11.0. The number of aliphatic carboxylic acids is 2. The van der Waals surface area contributed by atoms with Crippen LogP contribution in [0.4, 0.5) is 0 Å². The average molecular weight is 362 g/mol. The molecule has 0 aliphatic carbocycles. The molecule has 12 heteroatoms. The maximum atomic E-state index is 11.0. The van der Waals surface area contributed by atoms with E-state index in [-0.39, 0.29) is 16.8 Å². The molecule has 0 radical (unpaired) electrons. The van der Waals surface area contributed by atoms with Gasteiger partial charge in [-0.25, -0.2) is 9.36 Å². The van der Waals surface area contributed by atoms with Gasteiger partial charge in [0, 0.05) is 23.5 Å². The van der Waals surface area contributed by atoms with Gasteiger partial charge in [0.1, 0.15) is 5.75 Å². The van der Waals surface area contributed by atoms with Gasteiger partial charge in [0.2, 0.25) is 0 Å².